The van der Waals surface area contributed by atoms with Crippen molar-refractivity contribution in [1.29, 1.82) is 0 Å². The Hall–Kier alpha value is -0.960. The zero-order valence-corrected chi connectivity index (χ0v) is 9.46. The van der Waals surface area contributed by atoms with E-state index in [0.29, 0.717) is 12.5 Å². The van der Waals surface area contributed by atoms with E-state index in [1.54, 1.807) is 0 Å². The summed E-state index contributed by atoms with van der Waals surface area (Å²) in [5.74, 6) is 1.36. The Morgan fingerprint density at radius 1 is 1.14 bits per heavy atom. The fourth-order valence-electron chi connectivity index (χ4n) is 1.87. The van der Waals surface area contributed by atoms with Crippen LogP contribution >= 0.6 is 0 Å². The van der Waals surface area contributed by atoms with E-state index in [1.807, 2.05) is 13.8 Å². The summed E-state index contributed by atoms with van der Waals surface area (Å²) in [7, 11) is 0. The standard InChI is InChI=1S/C11H19N3/c1-7(2)11-8(3)13-10(5-6-12)14-9(11)4/h7H,5-6,12H2,1-4H3. The molecule has 0 amide bonds. The number of hydrogen-bond acceptors (Lipinski definition) is 3. The van der Waals surface area contributed by atoms with Gasteiger partial charge in [0.2, 0.25) is 0 Å². The van der Waals surface area contributed by atoms with Crippen molar-refractivity contribution >= 4 is 0 Å². The van der Waals surface area contributed by atoms with Crippen molar-refractivity contribution < 1.29 is 0 Å². The first-order valence-electron chi connectivity index (χ1n) is 5.10. The van der Waals surface area contributed by atoms with Gasteiger partial charge in [0.15, 0.2) is 0 Å². The van der Waals surface area contributed by atoms with E-state index >= 15 is 0 Å². The molecule has 0 aliphatic heterocycles. The van der Waals surface area contributed by atoms with Crippen molar-refractivity contribution in [3.8, 4) is 0 Å². The fraction of sp³-hybridized carbons (Fsp3) is 0.636. The quantitative estimate of drug-likeness (QED) is 0.795. The Morgan fingerprint density at radius 3 is 2.00 bits per heavy atom. The topological polar surface area (TPSA) is 51.8 Å². The summed E-state index contributed by atoms with van der Waals surface area (Å²) >= 11 is 0. The second-order valence-corrected chi connectivity index (χ2v) is 3.92. The van der Waals surface area contributed by atoms with Crippen LogP contribution < -0.4 is 5.73 Å². The molecule has 0 unspecified atom stereocenters. The molecule has 3 heteroatoms. The van der Waals surface area contributed by atoms with Crippen molar-refractivity contribution in [1.82, 2.24) is 9.97 Å². The van der Waals surface area contributed by atoms with E-state index in [4.69, 9.17) is 5.73 Å². The molecule has 0 aliphatic carbocycles. The summed E-state index contributed by atoms with van der Waals surface area (Å²) in [4.78, 5) is 8.91. The maximum Gasteiger partial charge on any atom is 0.130 e. The summed E-state index contributed by atoms with van der Waals surface area (Å²) in [5.41, 5.74) is 8.93. The minimum atomic E-state index is 0.488. The van der Waals surface area contributed by atoms with E-state index in [0.717, 1.165) is 23.6 Å². The highest BCUT2D eigenvalue weighted by Crippen LogP contribution is 2.20. The van der Waals surface area contributed by atoms with Crippen molar-refractivity contribution in [3.63, 3.8) is 0 Å². The Morgan fingerprint density at radius 2 is 1.64 bits per heavy atom. The number of nitrogens with zero attached hydrogens (tertiary/aromatic N) is 2. The second-order valence-electron chi connectivity index (χ2n) is 3.92. The van der Waals surface area contributed by atoms with Crippen LogP contribution in [0, 0.1) is 13.8 Å². The van der Waals surface area contributed by atoms with Crippen LogP contribution in [-0.2, 0) is 6.42 Å². The van der Waals surface area contributed by atoms with Crippen LogP contribution in [0.3, 0.4) is 0 Å². The SMILES string of the molecule is Cc1nc(CCN)nc(C)c1C(C)C. The molecule has 0 aliphatic rings. The molecule has 0 fully saturated rings. The first-order valence-corrected chi connectivity index (χ1v) is 5.10. The maximum atomic E-state index is 5.48. The Bertz CT molecular complexity index is 295. The van der Waals surface area contributed by atoms with Gasteiger partial charge in [-0.3, -0.25) is 0 Å². The van der Waals surface area contributed by atoms with Gasteiger partial charge < -0.3 is 5.73 Å². The lowest BCUT2D eigenvalue weighted by molar-refractivity contribution is 0.774. The molecule has 0 saturated heterocycles. The summed E-state index contributed by atoms with van der Waals surface area (Å²) in [6.07, 6.45) is 0.764. The van der Waals surface area contributed by atoms with Gasteiger partial charge in [-0.25, -0.2) is 9.97 Å². The molecule has 78 valence electrons. The van der Waals surface area contributed by atoms with Crippen molar-refractivity contribution in [2.24, 2.45) is 5.73 Å². The summed E-state index contributed by atoms with van der Waals surface area (Å²) < 4.78 is 0. The molecule has 1 rings (SSSR count). The fourth-order valence-corrected chi connectivity index (χ4v) is 1.87. The molecule has 0 saturated carbocycles. The van der Waals surface area contributed by atoms with E-state index in [-0.39, 0.29) is 0 Å². The van der Waals surface area contributed by atoms with Crippen LogP contribution in [0.1, 0.15) is 42.5 Å². The van der Waals surface area contributed by atoms with Gasteiger partial charge in [0, 0.05) is 17.8 Å². The van der Waals surface area contributed by atoms with Crippen molar-refractivity contribution in [2.75, 3.05) is 6.54 Å². The lowest BCUT2D eigenvalue weighted by atomic mass is 10.00. The molecule has 3 nitrogen and oxygen atoms in total. The normalized spacial score (nSPS) is 11.0. The third-order valence-electron chi connectivity index (χ3n) is 2.32. The third-order valence-corrected chi connectivity index (χ3v) is 2.32. The van der Waals surface area contributed by atoms with Gasteiger partial charge in [0.1, 0.15) is 5.82 Å². The monoisotopic (exact) mass is 193 g/mol. The number of rotatable bonds is 3. The zero-order valence-electron chi connectivity index (χ0n) is 9.46. The molecule has 0 radical (unpaired) electrons. The molecule has 1 aromatic heterocycles. The van der Waals surface area contributed by atoms with Crippen LogP contribution in [0.2, 0.25) is 0 Å². The van der Waals surface area contributed by atoms with Gasteiger partial charge in [0.05, 0.1) is 0 Å². The van der Waals surface area contributed by atoms with E-state index in [2.05, 4.69) is 23.8 Å². The molecule has 14 heavy (non-hydrogen) atoms. The second kappa shape index (κ2) is 4.51. The predicted octanol–water partition coefficient (Wildman–Crippen LogP) is 1.72. The summed E-state index contributed by atoms with van der Waals surface area (Å²) in [5, 5.41) is 0. The molecule has 0 aromatic carbocycles. The molecule has 2 N–H and O–H groups in total. The van der Waals surface area contributed by atoms with Crippen LogP contribution in [-0.4, -0.2) is 16.5 Å². The maximum absolute atomic E-state index is 5.48. The minimum Gasteiger partial charge on any atom is -0.330 e. The van der Waals surface area contributed by atoms with Gasteiger partial charge in [-0.05, 0) is 31.9 Å². The first kappa shape index (κ1) is 11.1. The Kier molecular flexibility index (Phi) is 3.58. The van der Waals surface area contributed by atoms with Crippen LogP contribution in [0.15, 0.2) is 0 Å². The molecule has 0 bridgehead atoms. The third kappa shape index (κ3) is 2.29. The highest BCUT2D eigenvalue weighted by atomic mass is 14.9. The van der Waals surface area contributed by atoms with Gasteiger partial charge in [-0.1, -0.05) is 13.8 Å². The lowest BCUT2D eigenvalue weighted by Gasteiger charge is -2.13. The highest BCUT2D eigenvalue weighted by Gasteiger charge is 2.10. The number of aromatic nitrogens is 2. The van der Waals surface area contributed by atoms with Gasteiger partial charge in [-0.2, -0.15) is 0 Å². The first-order chi connectivity index (χ1) is 6.56. The van der Waals surface area contributed by atoms with Gasteiger partial charge >= 0.3 is 0 Å². The van der Waals surface area contributed by atoms with Gasteiger partial charge in [0.25, 0.3) is 0 Å². The zero-order chi connectivity index (χ0) is 10.7. The minimum absolute atomic E-state index is 0.488. The van der Waals surface area contributed by atoms with Crippen LogP contribution in [0.25, 0.3) is 0 Å². The van der Waals surface area contributed by atoms with Gasteiger partial charge in [-0.15, -0.1) is 0 Å². The van der Waals surface area contributed by atoms with Crippen molar-refractivity contribution in [3.05, 3.63) is 22.8 Å². The van der Waals surface area contributed by atoms with Crippen molar-refractivity contribution in [2.45, 2.75) is 40.0 Å². The summed E-state index contributed by atoms with van der Waals surface area (Å²) in [6.45, 7) is 9.04. The number of aryl methyl sites for hydroxylation is 2. The average Bonchev–Trinajstić information content (AvgIpc) is 2.01. The van der Waals surface area contributed by atoms with E-state index in [9.17, 15) is 0 Å². The Labute approximate surface area is 85.8 Å². The largest absolute Gasteiger partial charge is 0.330 e. The molecule has 0 atom stereocenters. The average molecular weight is 193 g/mol. The number of nitrogens with two attached hydrogens (primary N) is 1. The lowest BCUT2D eigenvalue weighted by Crippen LogP contribution is -2.11. The smallest absolute Gasteiger partial charge is 0.130 e. The molecule has 1 heterocycles. The molecule has 1 aromatic rings. The predicted molar refractivity (Wildman–Crippen MR) is 58.4 cm³/mol. The molecular formula is C11H19N3. The van der Waals surface area contributed by atoms with Crippen LogP contribution in [0.4, 0.5) is 0 Å². The molecule has 0 spiro atoms. The number of hydrogen-bond donors (Lipinski definition) is 1. The van der Waals surface area contributed by atoms with E-state index < -0.39 is 0 Å². The van der Waals surface area contributed by atoms with Crippen LogP contribution in [0.5, 0.6) is 0 Å². The Balaban J connectivity index is 3.11. The summed E-state index contributed by atoms with van der Waals surface area (Å²) in [6, 6.07) is 0. The molecular weight excluding hydrogens is 174 g/mol. The highest BCUT2D eigenvalue weighted by molar-refractivity contribution is 5.27. The van der Waals surface area contributed by atoms with E-state index in [1.165, 1.54) is 5.56 Å².